The standard InChI is InChI=1S/C20H21Cl2NO4S/c1-20(2)15-11-13(5-8-18(15)23-19(24)27-20)26-9-3-4-10-28(25)14-6-7-16(21)17(22)12-14/h5-8,11-12H,3-4,9-10H2,1-2H3,(H,23,24). The van der Waals surface area contributed by atoms with Gasteiger partial charge >= 0.3 is 6.09 Å². The smallest absolute Gasteiger partial charge is 0.412 e. The number of hydrogen-bond donors (Lipinski definition) is 1. The monoisotopic (exact) mass is 441 g/mol. The fourth-order valence-electron chi connectivity index (χ4n) is 2.90. The summed E-state index contributed by atoms with van der Waals surface area (Å²) in [5.41, 5.74) is 0.879. The predicted molar refractivity (Wildman–Crippen MR) is 112 cm³/mol. The van der Waals surface area contributed by atoms with Crippen molar-refractivity contribution in [2.75, 3.05) is 17.7 Å². The Hall–Kier alpha value is -1.60. The van der Waals surface area contributed by atoms with Gasteiger partial charge in [-0.1, -0.05) is 23.2 Å². The van der Waals surface area contributed by atoms with Crippen LogP contribution in [-0.2, 0) is 21.5 Å². The highest BCUT2D eigenvalue weighted by molar-refractivity contribution is 7.91. The predicted octanol–water partition coefficient (Wildman–Crippen LogP) is 5.76. The average molecular weight is 442 g/mol. The van der Waals surface area contributed by atoms with Gasteiger partial charge in [-0.3, -0.25) is 5.32 Å². The summed E-state index contributed by atoms with van der Waals surface area (Å²) in [5, 5.41) is 3.55. The van der Waals surface area contributed by atoms with Crippen LogP contribution in [0, 0.1) is 0 Å². The molecule has 1 unspecified atom stereocenters. The molecule has 3 rings (SSSR count). The van der Waals surface area contributed by atoms with Gasteiger partial charge in [0, 0.05) is 11.6 Å². The van der Waals surface area contributed by atoms with E-state index in [-0.39, 0.29) is 0 Å². The molecule has 1 heterocycles. The van der Waals surface area contributed by atoms with Crippen molar-refractivity contribution in [3.05, 3.63) is 52.0 Å². The average Bonchev–Trinajstić information content (AvgIpc) is 2.63. The Bertz CT molecular complexity index is 875. The third kappa shape index (κ3) is 5.06. The van der Waals surface area contributed by atoms with Gasteiger partial charge in [0.15, 0.2) is 4.90 Å². The van der Waals surface area contributed by atoms with Crippen molar-refractivity contribution >= 4 is 46.2 Å². The van der Waals surface area contributed by atoms with Gasteiger partial charge in [-0.2, -0.15) is 0 Å². The van der Waals surface area contributed by atoms with Crippen LogP contribution in [0.2, 0.25) is 10.0 Å². The first-order valence-corrected chi connectivity index (χ1v) is 10.9. The van der Waals surface area contributed by atoms with Crippen molar-refractivity contribution in [2.24, 2.45) is 0 Å². The van der Waals surface area contributed by atoms with Gasteiger partial charge in [0.25, 0.3) is 0 Å². The van der Waals surface area contributed by atoms with Crippen LogP contribution in [0.3, 0.4) is 0 Å². The molecule has 1 aliphatic heterocycles. The number of carbonyl (C=O) groups excluding carboxylic acids is 1. The highest BCUT2D eigenvalue weighted by Crippen LogP contribution is 2.37. The number of cyclic esters (lactones) is 1. The lowest BCUT2D eigenvalue weighted by Crippen LogP contribution is -2.34. The fraction of sp³-hybridized carbons (Fsp3) is 0.350. The lowest BCUT2D eigenvalue weighted by Gasteiger charge is -2.32. The number of halogens is 2. The molecule has 0 saturated heterocycles. The summed E-state index contributed by atoms with van der Waals surface area (Å²) in [6.45, 7) is 4.18. The molecule has 0 aliphatic carbocycles. The number of rotatable bonds is 7. The van der Waals surface area contributed by atoms with E-state index in [1.165, 1.54) is 0 Å². The molecule has 1 N–H and O–H groups in total. The Kier molecular flexibility index (Phi) is 6.65. The molecule has 0 fully saturated rings. The van der Waals surface area contributed by atoms with E-state index in [9.17, 15) is 9.35 Å². The van der Waals surface area contributed by atoms with Gasteiger partial charge in [0.1, 0.15) is 17.1 Å². The van der Waals surface area contributed by atoms with Gasteiger partial charge in [-0.15, -0.1) is 0 Å². The highest BCUT2D eigenvalue weighted by Gasteiger charge is 2.33. The first-order chi connectivity index (χ1) is 13.3. The molecular weight excluding hydrogens is 421 g/mol. The van der Waals surface area contributed by atoms with Crippen LogP contribution in [0.15, 0.2) is 41.3 Å². The maximum absolute atomic E-state index is 12.3. The molecule has 2 aromatic carbocycles. The normalized spacial score (nSPS) is 16.0. The van der Waals surface area contributed by atoms with Crippen LogP contribution in [-0.4, -0.2) is 23.0 Å². The lowest BCUT2D eigenvalue weighted by atomic mass is 9.94. The SMILES string of the molecule is CC1(C)OC(=O)Nc2ccc(OCCCC[S+]([O-])c3ccc(Cl)c(Cl)c3)cc21. The number of carbonyl (C=O) groups is 1. The summed E-state index contributed by atoms with van der Waals surface area (Å²) < 4.78 is 23.5. The van der Waals surface area contributed by atoms with Crippen LogP contribution < -0.4 is 10.1 Å². The Morgan fingerprint density at radius 3 is 2.68 bits per heavy atom. The molecule has 0 spiro atoms. The largest absolute Gasteiger partial charge is 0.611 e. The van der Waals surface area contributed by atoms with E-state index in [1.54, 1.807) is 18.2 Å². The molecule has 2 aromatic rings. The van der Waals surface area contributed by atoms with E-state index in [0.29, 0.717) is 33.0 Å². The van der Waals surface area contributed by atoms with Gasteiger partial charge in [-0.25, -0.2) is 4.79 Å². The molecular formula is C20H21Cl2NO4S. The highest BCUT2D eigenvalue weighted by atomic mass is 35.5. The molecule has 0 aromatic heterocycles. The van der Waals surface area contributed by atoms with E-state index >= 15 is 0 Å². The summed E-state index contributed by atoms with van der Waals surface area (Å²) >= 11 is 10.7. The van der Waals surface area contributed by atoms with Crippen LogP contribution in [0.1, 0.15) is 32.3 Å². The first kappa shape index (κ1) is 21.1. The van der Waals surface area contributed by atoms with E-state index in [0.717, 1.165) is 24.1 Å². The number of ether oxygens (including phenoxy) is 2. The van der Waals surface area contributed by atoms with Crippen molar-refractivity contribution in [3.8, 4) is 5.75 Å². The molecule has 0 saturated carbocycles. The van der Waals surface area contributed by atoms with Crippen molar-refractivity contribution < 1.29 is 18.8 Å². The lowest BCUT2D eigenvalue weighted by molar-refractivity contribution is 0.0418. The zero-order valence-electron chi connectivity index (χ0n) is 15.6. The number of benzene rings is 2. The minimum absolute atomic E-state index is 0.409. The van der Waals surface area contributed by atoms with Crippen molar-refractivity contribution in [2.45, 2.75) is 37.2 Å². The molecule has 150 valence electrons. The number of hydrogen-bond acceptors (Lipinski definition) is 4. The molecule has 28 heavy (non-hydrogen) atoms. The topological polar surface area (TPSA) is 70.6 Å². The summed E-state index contributed by atoms with van der Waals surface area (Å²) in [5.74, 6) is 1.23. The zero-order chi connectivity index (χ0) is 20.3. The molecule has 5 nitrogen and oxygen atoms in total. The number of fused-ring (bicyclic) bond motifs is 1. The fourth-order valence-corrected chi connectivity index (χ4v) is 4.44. The summed E-state index contributed by atoms with van der Waals surface area (Å²) in [6, 6.07) is 10.5. The quantitative estimate of drug-likeness (QED) is 0.437. The van der Waals surface area contributed by atoms with Crippen LogP contribution >= 0.6 is 23.2 Å². The zero-order valence-corrected chi connectivity index (χ0v) is 17.9. The maximum Gasteiger partial charge on any atom is 0.412 e. The summed E-state index contributed by atoms with van der Waals surface area (Å²) in [4.78, 5) is 12.2. The minimum atomic E-state index is -1.12. The van der Waals surface area contributed by atoms with E-state index in [1.807, 2.05) is 32.0 Å². The van der Waals surface area contributed by atoms with E-state index in [2.05, 4.69) is 5.32 Å². The number of nitrogens with one attached hydrogen (secondary N) is 1. The Morgan fingerprint density at radius 1 is 1.14 bits per heavy atom. The summed E-state index contributed by atoms with van der Waals surface area (Å²) in [7, 11) is 0. The molecule has 0 radical (unpaired) electrons. The second kappa shape index (κ2) is 8.82. The van der Waals surface area contributed by atoms with Crippen molar-refractivity contribution in [3.63, 3.8) is 0 Å². The van der Waals surface area contributed by atoms with Gasteiger partial charge in [0.2, 0.25) is 0 Å². The van der Waals surface area contributed by atoms with E-state index in [4.69, 9.17) is 32.7 Å². The summed E-state index contributed by atoms with van der Waals surface area (Å²) in [6.07, 6.45) is 1.06. The second-order valence-electron chi connectivity index (χ2n) is 6.91. The molecule has 1 atom stereocenters. The number of anilines is 1. The van der Waals surface area contributed by atoms with E-state index < -0.39 is 22.9 Å². The maximum atomic E-state index is 12.3. The first-order valence-electron chi connectivity index (χ1n) is 8.87. The van der Waals surface area contributed by atoms with Crippen LogP contribution in [0.4, 0.5) is 10.5 Å². The molecule has 0 bridgehead atoms. The number of unbranched alkanes of at least 4 members (excludes halogenated alkanes) is 1. The molecule has 1 aliphatic rings. The minimum Gasteiger partial charge on any atom is -0.611 e. The Morgan fingerprint density at radius 2 is 1.93 bits per heavy atom. The molecule has 1 amide bonds. The third-order valence-corrected chi connectivity index (χ3v) is 6.55. The Balaban J connectivity index is 1.48. The van der Waals surface area contributed by atoms with Gasteiger partial charge in [0.05, 0.1) is 22.3 Å². The van der Waals surface area contributed by atoms with Crippen molar-refractivity contribution in [1.82, 2.24) is 0 Å². The third-order valence-electron chi connectivity index (χ3n) is 4.37. The van der Waals surface area contributed by atoms with Crippen LogP contribution in [0.5, 0.6) is 5.75 Å². The van der Waals surface area contributed by atoms with Crippen molar-refractivity contribution in [1.29, 1.82) is 0 Å². The molecule has 8 heteroatoms. The van der Waals surface area contributed by atoms with Gasteiger partial charge in [-0.05, 0) is 68.2 Å². The Labute approximate surface area is 177 Å². The van der Waals surface area contributed by atoms with Crippen LogP contribution in [0.25, 0.3) is 0 Å². The number of amides is 1. The second-order valence-corrected chi connectivity index (χ2v) is 9.30. The van der Waals surface area contributed by atoms with Gasteiger partial charge < -0.3 is 14.0 Å².